The van der Waals surface area contributed by atoms with Gasteiger partial charge in [-0.25, -0.2) is 4.98 Å². The molecule has 0 aliphatic carbocycles. The molecule has 23 heavy (non-hydrogen) atoms. The summed E-state index contributed by atoms with van der Waals surface area (Å²) in [5.74, 6) is 1.13. The number of pyridine rings is 1. The molecule has 5 nitrogen and oxygen atoms in total. The molecule has 0 fully saturated rings. The van der Waals surface area contributed by atoms with Crippen LogP contribution < -0.4 is 9.64 Å². The van der Waals surface area contributed by atoms with Crippen molar-refractivity contribution in [3.05, 3.63) is 47.2 Å². The summed E-state index contributed by atoms with van der Waals surface area (Å²) in [4.78, 5) is 18.4. The highest BCUT2D eigenvalue weighted by molar-refractivity contribution is 7.13. The molecule has 0 bridgehead atoms. The fourth-order valence-corrected chi connectivity index (χ4v) is 3.26. The molecule has 0 N–H and O–H groups in total. The van der Waals surface area contributed by atoms with E-state index in [2.05, 4.69) is 9.36 Å². The van der Waals surface area contributed by atoms with Crippen molar-refractivity contribution in [2.75, 3.05) is 18.6 Å². The molecule has 3 rings (SSSR count). The number of nitrogens with zero attached hydrogens (tertiary/aromatic N) is 3. The van der Waals surface area contributed by atoms with Crippen molar-refractivity contribution in [3.63, 3.8) is 0 Å². The van der Waals surface area contributed by atoms with Crippen molar-refractivity contribution in [2.45, 2.75) is 6.92 Å². The zero-order valence-electron chi connectivity index (χ0n) is 12.6. The van der Waals surface area contributed by atoms with E-state index >= 15 is 0 Å². The largest absolute Gasteiger partial charge is 0.496 e. The Morgan fingerprint density at radius 2 is 2.17 bits per heavy atom. The van der Waals surface area contributed by atoms with E-state index in [-0.39, 0.29) is 5.91 Å². The SMILES string of the molecule is CCN(C(=O)c1ccc(Cl)nc1)c1nsc2cccc(OC)c12. The van der Waals surface area contributed by atoms with Gasteiger partial charge in [-0.2, -0.15) is 4.37 Å². The summed E-state index contributed by atoms with van der Waals surface area (Å²) in [7, 11) is 1.61. The summed E-state index contributed by atoms with van der Waals surface area (Å²) in [5.41, 5.74) is 0.465. The van der Waals surface area contributed by atoms with Crippen molar-refractivity contribution in [3.8, 4) is 5.75 Å². The van der Waals surface area contributed by atoms with Crippen LogP contribution in [0.4, 0.5) is 5.82 Å². The summed E-state index contributed by atoms with van der Waals surface area (Å²) in [5, 5.41) is 1.20. The quantitative estimate of drug-likeness (QED) is 0.669. The molecule has 2 aromatic heterocycles. The van der Waals surface area contributed by atoms with Crippen molar-refractivity contribution in [2.24, 2.45) is 0 Å². The van der Waals surface area contributed by atoms with Crippen LogP contribution >= 0.6 is 23.1 Å². The van der Waals surface area contributed by atoms with E-state index < -0.39 is 0 Å². The lowest BCUT2D eigenvalue weighted by atomic mass is 10.2. The molecule has 0 aliphatic heterocycles. The minimum Gasteiger partial charge on any atom is -0.496 e. The smallest absolute Gasteiger partial charge is 0.261 e. The first kappa shape index (κ1) is 15.7. The zero-order valence-corrected chi connectivity index (χ0v) is 14.2. The first-order valence-corrected chi connectivity index (χ1v) is 8.16. The van der Waals surface area contributed by atoms with Gasteiger partial charge in [-0.3, -0.25) is 9.69 Å². The second kappa shape index (κ2) is 6.52. The van der Waals surface area contributed by atoms with Crippen LogP contribution in [0.5, 0.6) is 5.75 Å². The van der Waals surface area contributed by atoms with E-state index in [1.54, 1.807) is 24.1 Å². The third-order valence-corrected chi connectivity index (χ3v) is 4.48. The predicted octanol–water partition coefficient (Wildman–Crippen LogP) is 4.02. The van der Waals surface area contributed by atoms with Crippen molar-refractivity contribution in [1.82, 2.24) is 9.36 Å². The minimum atomic E-state index is -0.172. The van der Waals surface area contributed by atoms with Crippen LogP contribution in [0.2, 0.25) is 5.15 Å². The summed E-state index contributed by atoms with van der Waals surface area (Å²) in [6.07, 6.45) is 1.47. The molecule has 0 atom stereocenters. The fourth-order valence-electron chi connectivity index (χ4n) is 2.35. The van der Waals surface area contributed by atoms with Gasteiger partial charge < -0.3 is 4.74 Å². The Hall–Kier alpha value is -2.18. The molecule has 0 radical (unpaired) electrons. The molecule has 1 aromatic carbocycles. The topological polar surface area (TPSA) is 55.3 Å². The lowest BCUT2D eigenvalue weighted by molar-refractivity contribution is 0.0987. The lowest BCUT2D eigenvalue weighted by Gasteiger charge is -2.19. The van der Waals surface area contributed by atoms with E-state index in [0.717, 1.165) is 10.1 Å². The number of aromatic nitrogens is 2. The van der Waals surface area contributed by atoms with Crippen LogP contribution in [0.25, 0.3) is 10.1 Å². The highest BCUT2D eigenvalue weighted by Gasteiger charge is 2.23. The number of halogens is 1. The highest BCUT2D eigenvalue weighted by Crippen LogP contribution is 2.37. The maximum Gasteiger partial charge on any atom is 0.261 e. The summed E-state index contributed by atoms with van der Waals surface area (Å²) >= 11 is 7.13. The number of hydrogen-bond donors (Lipinski definition) is 0. The van der Waals surface area contributed by atoms with E-state index in [0.29, 0.717) is 28.8 Å². The van der Waals surface area contributed by atoms with Gasteiger partial charge in [0.15, 0.2) is 5.82 Å². The van der Waals surface area contributed by atoms with Gasteiger partial charge in [-0.1, -0.05) is 17.7 Å². The molecule has 3 aromatic rings. The average Bonchev–Trinajstić information content (AvgIpc) is 3.00. The van der Waals surface area contributed by atoms with Crippen molar-refractivity contribution >= 4 is 44.9 Å². The van der Waals surface area contributed by atoms with Crippen molar-refractivity contribution < 1.29 is 9.53 Å². The molecular formula is C16H14ClN3O2S. The number of amides is 1. The molecule has 0 unspecified atom stereocenters. The maximum atomic E-state index is 12.8. The van der Waals surface area contributed by atoms with Crippen LogP contribution in [-0.2, 0) is 0 Å². The van der Waals surface area contributed by atoms with E-state index in [9.17, 15) is 4.79 Å². The molecule has 0 saturated carbocycles. The second-order valence-electron chi connectivity index (χ2n) is 4.76. The van der Waals surface area contributed by atoms with E-state index in [1.165, 1.54) is 17.7 Å². The second-order valence-corrected chi connectivity index (χ2v) is 5.95. The third-order valence-electron chi connectivity index (χ3n) is 3.45. The molecule has 0 saturated heterocycles. The number of carbonyl (C=O) groups is 1. The third kappa shape index (κ3) is 2.87. The maximum absolute atomic E-state index is 12.8. The Bertz CT molecular complexity index is 848. The van der Waals surface area contributed by atoms with E-state index in [1.807, 2.05) is 25.1 Å². The molecule has 7 heteroatoms. The fraction of sp³-hybridized carbons (Fsp3) is 0.188. The Morgan fingerprint density at radius 1 is 1.35 bits per heavy atom. The summed E-state index contributed by atoms with van der Waals surface area (Å²) < 4.78 is 10.9. The summed E-state index contributed by atoms with van der Waals surface area (Å²) in [6, 6.07) is 8.99. The molecule has 1 amide bonds. The first-order chi connectivity index (χ1) is 11.2. The lowest BCUT2D eigenvalue weighted by Crippen LogP contribution is -2.31. The number of anilines is 1. The van der Waals surface area contributed by atoms with Crippen LogP contribution in [0, 0.1) is 0 Å². The number of carbonyl (C=O) groups excluding carboxylic acids is 1. The van der Waals surface area contributed by atoms with E-state index in [4.69, 9.17) is 16.3 Å². The Labute approximate surface area is 142 Å². The van der Waals surface area contributed by atoms with Crippen LogP contribution in [0.15, 0.2) is 36.5 Å². The van der Waals surface area contributed by atoms with Crippen LogP contribution in [0.1, 0.15) is 17.3 Å². The van der Waals surface area contributed by atoms with Gasteiger partial charge in [-0.05, 0) is 42.7 Å². The van der Waals surface area contributed by atoms with Gasteiger partial charge in [0, 0.05) is 12.7 Å². The summed E-state index contributed by atoms with van der Waals surface area (Å²) in [6.45, 7) is 2.39. The molecule has 118 valence electrons. The van der Waals surface area contributed by atoms with Gasteiger partial charge in [0.2, 0.25) is 0 Å². The van der Waals surface area contributed by atoms with Gasteiger partial charge in [0.25, 0.3) is 5.91 Å². The molecule has 0 aliphatic rings. The Balaban J connectivity index is 2.07. The first-order valence-electron chi connectivity index (χ1n) is 7.01. The highest BCUT2D eigenvalue weighted by atomic mass is 35.5. The zero-order chi connectivity index (χ0) is 16.4. The number of methoxy groups -OCH3 is 1. The number of ether oxygens (including phenoxy) is 1. The van der Waals surface area contributed by atoms with Crippen LogP contribution in [0.3, 0.4) is 0 Å². The van der Waals surface area contributed by atoms with Crippen LogP contribution in [-0.4, -0.2) is 28.9 Å². The Morgan fingerprint density at radius 3 is 2.83 bits per heavy atom. The molecule has 0 spiro atoms. The number of rotatable bonds is 4. The molecular weight excluding hydrogens is 334 g/mol. The number of benzene rings is 1. The van der Waals surface area contributed by atoms with Gasteiger partial charge in [-0.15, -0.1) is 0 Å². The minimum absolute atomic E-state index is 0.172. The Kier molecular flexibility index (Phi) is 4.45. The number of hydrogen-bond acceptors (Lipinski definition) is 5. The predicted molar refractivity (Wildman–Crippen MR) is 92.8 cm³/mol. The van der Waals surface area contributed by atoms with Gasteiger partial charge >= 0.3 is 0 Å². The number of fused-ring (bicyclic) bond motifs is 1. The van der Waals surface area contributed by atoms with Crippen molar-refractivity contribution in [1.29, 1.82) is 0 Å². The molecule has 2 heterocycles. The monoisotopic (exact) mass is 347 g/mol. The van der Waals surface area contributed by atoms with Gasteiger partial charge in [0.05, 0.1) is 22.8 Å². The normalized spacial score (nSPS) is 10.7. The standard InChI is InChI=1S/C16H14ClN3O2S/c1-3-20(16(21)10-7-8-13(17)18-9-10)15-14-11(22-2)5-4-6-12(14)23-19-15/h4-9H,3H2,1-2H3. The average molecular weight is 348 g/mol. The van der Waals surface area contributed by atoms with Gasteiger partial charge in [0.1, 0.15) is 10.9 Å².